The van der Waals surface area contributed by atoms with Crippen molar-refractivity contribution in [1.82, 2.24) is 4.90 Å². The fraction of sp³-hybridized carbons (Fsp3) is 0.500. The average molecular weight is 399 g/mol. The van der Waals surface area contributed by atoms with Gasteiger partial charge in [-0.25, -0.2) is 0 Å². The first-order valence-corrected chi connectivity index (χ1v) is 8.81. The van der Waals surface area contributed by atoms with Crippen molar-refractivity contribution in [2.75, 3.05) is 26.8 Å². The zero-order valence-corrected chi connectivity index (χ0v) is 16.2. The molecule has 1 aromatic carbocycles. The number of nitrogens with two attached hydrogens (primary N) is 1. The van der Waals surface area contributed by atoms with Crippen molar-refractivity contribution in [2.45, 2.75) is 20.3 Å². The largest absolute Gasteiger partial charge is 0.493 e. The Hall–Kier alpha value is -2.48. The highest BCUT2D eigenvalue weighted by atomic mass is 35.5. The van der Waals surface area contributed by atoms with E-state index >= 15 is 0 Å². The van der Waals surface area contributed by atoms with Gasteiger partial charge in [0.2, 0.25) is 0 Å². The lowest BCUT2D eigenvalue weighted by Gasteiger charge is -2.28. The van der Waals surface area contributed by atoms with Crippen LogP contribution in [0.4, 0.5) is 0 Å². The molecule has 3 N–H and O–H groups in total. The normalized spacial score (nSPS) is 19.2. The number of nitrogens with zero attached hydrogens (tertiary/aromatic N) is 1. The molecule has 0 bridgehead atoms. The molecular weight excluding hydrogens is 376 g/mol. The van der Waals surface area contributed by atoms with Gasteiger partial charge in [0, 0.05) is 18.7 Å². The van der Waals surface area contributed by atoms with Gasteiger partial charge in [-0.05, 0) is 24.5 Å². The zero-order chi connectivity index (χ0) is 20.4. The van der Waals surface area contributed by atoms with Gasteiger partial charge in [-0.3, -0.25) is 14.4 Å². The van der Waals surface area contributed by atoms with Crippen LogP contribution in [-0.4, -0.2) is 54.6 Å². The van der Waals surface area contributed by atoms with Crippen LogP contribution in [-0.2, 0) is 9.59 Å². The number of benzene rings is 1. The Kier molecular flexibility index (Phi) is 6.20. The molecule has 2 rings (SSSR count). The molecule has 27 heavy (non-hydrogen) atoms. The predicted molar refractivity (Wildman–Crippen MR) is 98.1 cm³/mol. The molecular formula is C18H23ClN2O6. The van der Waals surface area contributed by atoms with E-state index in [1.807, 2.05) is 13.8 Å². The van der Waals surface area contributed by atoms with Crippen molar-refractivity contribution in [2.24, 2.45) is 17.1 Å². The average Bonchev–Trinajstić information content (AvgIpc) is 3.06. The fourth-order valence-corrected chi connectivity index (χ4v) is 3.47. The van der Waals surface area contributed by atoms with E-state index in [1.54, 1.807) is 0 Å². The van der Waals surface area contributed by atoms with E-state index in [0.717, 1.165) is 0 Å². The van der Waals surface area contributed by atoms with Crippen LogP contribution in [0.1, 0.15) is 30.6 Å². The molecule has 1 fully saturated rings. The number of carboxylic acid groups (broad SMARTS) is 1. The number of hydrogen-bond donors (Lipinski definition) is 2. The van der Waals surface area contributed by atoms with Crippen molar-refractivity contribution in [3.8, 4) is 11.5 Å². The van der Waals surface area contributed by atoms with Gasteiger partial charge in [0.1, 0.15) is 0 Å². The molecule has 0 spiro atoms. The number of ether oxygens (including phenoxy) is 2. The quantitative estimate of drug-likeness (QED) is 0.722. The number of primary amides is 1. The van der Waals surface area contributed by atoms with Crippen LogP contribution in [0.15, 0.2) is 12.1 Å². The molecule has 1 aliphatic heterocycles. The maximum Gasteiger partial charge on any atom is 0.311 e. The number of rotatable bonds is 7. The number of amides is 2. The lowest BCUT2D eigenvalue weighted by atomic mass is 9.76. The molecule has 1 aliphatic rings. The fourth-order valence-electron chi connectivity index (χ4n) is 3.21. The Morgan fingerprint density at radius 3 is 2.52 bits per heavy atom. The topological polar surface area (TPSA) is 119 Å². The monoisotopic (exact) mass is 398 g/mol. The lowest BCUT2D eigenvalue weighted by Crippen LogP contribution is -2.40. The van der Waals surface area contributed by atoms with Crippen molar-refractivity contribution in [1.29, 1.82) is 0 Å². The molecule has 1 unspecified atom stereocenters. The van der Waals surface area contributed by atoms with Crippen LogP contribution < -0.4 is 15.2 Å². The van der Waals surface area contributed by atoms with E-state index < -0.39 is 17.3 Å². The van der Waals surface area contributed by atoms with Crippen LogP contribution in [0.25, 0.3) is 0 Å². The van der Waals surface area contributed by atoms with Gasteiger partial charge in [0.25, 0.3) is 11.8 Å². The molecule has 1 heterocycles. The maximum atomic E-state index is 12.9. The van der Waals surface area contributed by atoms with Crippen LogP contribution in [0.2, 0.25) is 5.02 Å². The molecule has 0 aliphatic carbocycles. The van der Waals surface area contributed by atoms with E-state index in [2.05, 4.69) is 0 Å². The summed E-state index contributed by atoms with van der Waals surface area (Å²) < 4.78 is 10.4. The van der Waals surface area contributed by atoms with E-state index in [4.69, 9.17) is 26.8 Å². The number of carbonyl (C=O) groups excluding carboxylic acids is 2. The Bertz CT molecular complexity index is 766. The highest BCUT2D eigenvalue weighted by molar-refractivity contribution is 6.32. The predicted octanol–water partition coefficient (Wildman–Crippen LogP) is 1.79. The van der Waals surface area contributed by atoms with Gasteiger partial charge in [0.15, 0.2) is 18.1 Å². The van der Waals surface area contributed by atoms with E-state index in [9.17, 15) is 19.5 Å². The van der Waals surface area contributed by atoms with Crippen molar-refractivity contribution in [3.63, 3.8) is 0 Å². The lowest BCUT2D eigenvalue weighted by molar-refractivity contribution is -0.150. The minimum atomic E-state index is -0.964. The molecule has 0 saturated carbocycles. The smallest absolute Gasteiger partial charge is 0.311 e. The van der Waals surface area contributed by atoms with Crippen LogP contribution >= 0.6 is 11.6 Å². The third kappa shape index (κ3) is 4.10. The summed E-state index contributed by atoms with van der Waals surface area (Å²) in [4.78, 5) is 37.1. The number of carbonyl (C=O) groups is 3. The minimum Gasteiger partial charge on any atom is -0.493 e. The number of aliphatic carboxylic acids is 1. The summed E-state index contributed by atoms with van der Waals surface area (Å²) in [5, 5.41) is 9.73. The first-order chi connectivity index (χ1) is 12.6. The summed E-state index contributed by atoms with van der Waals surface area (Å²) in [6.07, 6.45) is 0.385. The molecule has 1 saturated heterocycles. The molecule has 8 nitrogen and oxygen atoms in total. The molecule has 148 valence electrons. The minimum absolute atomic E-state index is 0.0894. The van der Waals surface area contributed by atoms with Crippen LogP contribution in [0.5, 0.6) is 11.5 Å². The van der Waals surface area contributed by atoms with Gasteiger partial charge >= 0.3 is 5.97 Å². The summed E-state index contributed by atoms with van der Waals surface area (Å²) in [6, 6.07) is 2.85. The standard InChI is InChI=1S/C18H23ClN2O6/c1-10(2)18(17(24)25)4-5-21(9-18)16(23)11-6-12(19)15(13(7-11)26-3)27-8-14(20)22/h6-7,10H,4-5,8-9H2,1-3H3,(H2,20,22)(H,24,25). The molecule has 1 aromatic rings. The highest BCUT2D eigenvalue weighted by Crippen LogP contribution is 2.40. The third-order valence-corrected chi connectivity index (χ3v) is 5.24. The molecule has 2 amide bonds. The number of halogens is 1. The molecule has 0 radical (unpaired) electrons. The second-order valence-corrected chi connectivity index (χ2v) is 7.24. The number of likely N-dealkylation sites (tertiary alicyclic amines) is 1. The Morgan fingerprint density at radius 1 is 1.37 bits per heavy atom. The van der Waals surface area contributed by atoms with Gasteiger partial charge < -0.3 is 25.2 Å². The first-order valence-electron chi connectivity index (χ1n) is 8.43. The van der Waals surface area contributed by atoms with Crippen molar-refractivity contribution in [3.05, 3.63) is 22.7 Å². The number of hydrogen-bond acceptors (Lipinski definition) is 5. The second kappa shape index (κ2) is 8.04. The Labute approximate surface area is 162 Å². The second-order valence-electron chi connectivity index (χ2n) is 6.84. The van der Waals surface area contributed by atoms with E-state index in [-0.39, 0.29) is 47.1 Å². The number of methoxy groups -OCH3 is 1. The maximum absolute atomic E-state index is 12.9. The molecule has 0 aromatic heterocycles. The van der Waals surface area contributed by atoms with E-state index in [0.29, 0.717) is 13.0 Å². The SMILES string of the molecule is COc1cc(C(=O)N2CCC(C(=O)O)(C(C)C)C2)cc(Cl)c1OCC(N)=O. The van der Waals surface area contributed by atoms with E-state index in [1.165, 1.54) is 24.1 Å². The number of carboxylic acids is 1. The summed E-state index contributed by atoms with van der Waals surface area (Å²) in [5.41, 5.74) is 4.34. The van der Waals surface area contributed by atoms with Gasteiger partial charge in [-0.2, -0.15) is 0 Å². The summed E-state index contributed by atoms with van der Waals surface area (Å²) in [5.74, 6) is -1.75. The molecule has 1 atom stereocenters. The third-order valence-electron chi connectivity index (χ3n) is 4.95. The summed E-state index contributed by atoms with van der Waals surface area (Å²) in [6.45, 7) is 3.76. The van der Waals surface area contributed by atoms with Gasteiger partial charge in [-0.15, -0.1) is 0 Å². The highest BCUT2D eigenvalue weighted by Gasteiger charge is 2.48. The van der Waals surface area contributed by atoms with Crippen LogP contribution in [0, 0.1) is 11.3 Å². The van der Waals surface area contributed by atoms with Gasteiger partial charge in [-0.1, -0.05) is 25.4 Å². The van der Waals surface area contributed by atoms with Crippen molar-refractivity contribution < 1.29 is 29.0 Å². The van der Waals surface area contributed by atoms with Gasteiger partial charge in [0.05, 0.1) is 17.5 Å². The van der Waals surface area contributed by atoms with Crippen molar-refractivity contribution >= 4 is 29.4 Å². The molecule has 9 heteroatoms. The summed E-state index contributed by atoms with van der Waals surface area (Å²) in [7, 11) is 1.38. The zero-order valence-electron chi connectivity index (χ0n) is 15.5. The Morgan fingerprint density at radius 2 is 2.04 bits per heavy atom. The van der Waals surface area contributed by atoms with Crippen LogP contribution in [0.3, 0.4) is 0 Å². The Balaban J connectivity index is 2.28. The summed E-state index contributed by atoms with van der Waals surface area (Å²) >= 11 is 6.18. The first kappa shape index (κ1) is 20.8.